The van der Waals surface area contributed by atoms with Crippen LogP contribution in [0.4, 0.5) is 0 Å². The number of hydrogen-bond acceptors (Lipinski definition) is 3. The molecule has 0 saturated carbocycles. The van der Waals surface area contributed by atoms with Gasteiger partial charge in [-0.2, -0.15) is 0 Å². The summed E-state index contributed by atoms with van der Waals surface area (Å²) in [6.45, 7) is 5.10. The van der Waals surface area contributed by atoms with E-state index in [-0.39, 0.29) is 6.10 Å². The number of aryl methyl sites for hydroxylation is 1. The molecule has 0 spiro atoms. The predicted molar refractivity (Wildman–Crippen MR) is 61.1 cm³/mol. The first-order valence-corrected chi connectivity index (χ1v) is 5.16. The average Bonchev–Trinajstić information content (AvgIpc) is 2.17. The Morgan fingerprint density at radius 1 is 1.47 bits per heavy atom. The summed E-state index contributed by atoms with van der Waals surface area (Å²) in [5, 5.41) is 12.3. The van der Waals surface area contributed by atoms with Crippen molar-refractivity contribution in [3.63, 3.8) is 0 Å². The topological polar surface area (TPSA) is 41.5 Å². The van der Waals surface area contributed by atoms with E-state index in [1.165, 1.54) is 0 Å². The number of nitrogens with one attached hydrogen (secondary N) is 1. The Bertz CT molecular complexity index is 310. The van der Waals surface area contributed by atoms with Gasteiger partial charge in [-0.1, -0.05) is 18.2 Å². The summed E-state index contributed by atoms with van der Waals surface area (Å²) in [5.74, 6) is 0.926. The summed E-state index contributed by atoms with van der Waals surface area (Å²) in [7, 11) is 1.68. The Kier molecular flexibility index (Phi) is 4.59. The molecule has 1 rings (SSSR count). The van der Waals surface area contributed by atoms with Crippen LogP contribution in [0.25, 0.3) is 0 Å². The van der Waals surface area contributed by atoms with Crippen LogP contribution < -0.4 is 10.1 Å². The van der Waals surface area contributed by atoms with Crippen LogP contribution in [0.2, 0.25) is 0 Å². The van der Waals surface area contributed by atoms with Gasteiger partial charge in [-0.3, -0.25) is 0 Å². The fraction of sp³-hybridized carbons (Fsp3) is 0.500. The Morgan fingerprint density at radius 2 is 2.20 bits per heavy atom. The van der Waals surface area contributed by atoms with Crippen LogP contribution in [0.5, 0.6) is 5.75 Å². The number of aliphatic hydroxyl groups excluding tert-OH is 1. The molecule has 0 heterocycles. The lowest BCUT2D eigenvalue weighted by Gasteiger charge is -2.12. The Hall–Kier alpha value is -1.06. The molecule has 1 atom stereocenters. The molecule has 1 aromatic carbocycles. The Balaban J connectivity index is 2.64. The normalized spacial score (nSPS) is 12.5. The summed E-state index contributed by atoms with van der Waals surface area (Å²) in [4.78, 5) is 0. The number of methoxy groups -OCH3 is 1. The molecule has 1 aromatic rings. The SMILES string of the molecule is COc1c(C)cccc1CNC[C@H](C)O. The molecule has 0 amide bonds. The number of aliphatic hydroxyl groups is 1. The minimum absolute atomic E-state index is 0.319. The molecule has 0 aliphatic carbocycles. The van der Waals surface area contributed by atoms with E-state index in [1.807, 2.05) is 25.1 Å². The second-order valence-electron chi connectivity index (χ2n) is 3.75. The van der Waals surface area contributed by atoms with Gasteiger partial charge in [0.25, 0.3) is 0 Å². The first-order valence-electron chi connectivity index (χ1n) is 5.16. The smallest absolute Gasteiger partial charge is 0.126 e. The summed E-state index contributed by atoms with van der Waals surface area (Å²) >= 11 is 0. The first kappa shape index (κ1) is 12.0. The quantitative estimate of drug-likeness (QED) is 0.771. The van der Waals surface area contributed by atoms with Gasteiger partial charge in [-0.15, -0.1) is 0 Å². The zero-order chi connectivity index (χ0) is 11.3. The van der Waals surface area contributed by atoms with Crippen LogP contribution in [0, 0.1) is 6.92 Å². The number of ether oxygens (including phenoxy) is 1. The molecule has 0 aliphatic rings. The van der Waals surface area contributed by atoms with E-state index >= 15 is 0 Å². The maximum atomic E-state index is 9.12. The van der Waals surface area contributed by atoms with Crippen molar-refractivity contribution in [3.05, 3.63) is 29.3 Å². The highest BCUT2D eigenvalue weighted by atomic mass is 16.5. The number of para-hydroxylation sites is 1. The van der Waals surface area contributed by atoms with Crippen LogP contribution in [-0.4, -0.2) is 24.9 Å². The standard InChI is InChI=1S/C12H19NO2/c1-9-5-4-6-11(12(9)15-3)8-13-7-10(2)14/h4-6,10,13-14H,7-8H2,1-3H3/t10-/m0/s1. The van der Waals surface area contributed by atoms with Gasteiger partial charge in [0, 0.05) is 18.7 Å². The fourth-order valence-electron chi connectivity index (χ4n) is 1.56. The fourth-order valence-corrected chi connectivity index (χ4v) is 1.56. The van der Waals surface area contributed by atoms with E-state index < -0.39 is 0 Å². The highest BCUT2D eigenvalue weighted by molar-refractivity contribution is 5.40. The highest BCUT2D eigenvalue weighted by Crippen LogP contribution is 2.22. The second-order valence-corrected chi connectivity index (χ2v) is 3.75. The zero-order valence-corrected chi connectivity index (χ0v) is 9.58. The van der Waals surface area contributed by atoms with Crippen molar-refractivity contribution in [3.8, 4) is 5.75 Å². The van der Waals surface area contributed by atoms with Gasteiger partial charge in [0.05, 0.1) is 13.2 Å². The van der Waals surface area contributed by atoms with Crippen LogP contribution >= 0.6 is 0 Å². The Labute approximate surface area is 91.1 Å². The van der Waals surface area contributed by atoms with Gasteiger partial charge < -0.3 is 15.2 Å². The molecule has 2 N–H and O–H groups in total. The van der Waals surface area contributed by atoms with Crippen LogP contribution in [0.15, 0.2) is 18.2 Å². The van der Waals surface area contributed by atoms with E-state index in [1.54, 1.807) is 14.0 Å². The second kappa shape index (κ2) is 5.73. The van der Waals surface area contributed by atoms with Crippen LogP contribution in [-0.2, 0) is 6.54 Å². The van der Waals surface area contributed by atoms with Gasteiger partial charge >= 0.3 is 0 Å². The lowest BCUT2D eigenvalue weighted by molar-refractivity contribution is 0.191. The molecule has 3 heteroatoms. The van der Waals surface area contributed by atoms with Crippen molar-refractivity contribution in [2.24, 2.45) is 0 Å². The Morgan fingerprint density at radius 3 is 2.80 bits per heavy atom. The molecule has 0 aliphatic heterocycles. The minimum atomic E-state index is -0.319. The lowest BCUT2D eigenvalue weighted by Crippen LogP contribution is -2.24. The van der Waals surface area contributed by atoms with Crippen molar-refractivity contribution in [2.75, 3.05) is 13.7 Å². The van der Waals surface area contributed by atoms with Crippen LogP contribution in [0.1, 0.15) is 18.1 Å². The number of rotatable bonds is 5. The van der Waals surface area contributed by atoms with E-state index in [0.29, 0.717) is 6.54 Å². The third-order valence-electron chi connectivity index (χ3n) is 2.25. The third kappa shape index (κ3) is 3.53. The molecular weight excluding hydrogens is 190 g/mol. The molecular formula is C12H19NO2. The molecule has 0 unspecified atom stereocenters. The largest absolute Gasteiger partial charge is 0.496 e. The molecule has 0 radical (unpaired) electrons. The zero-order valence-electron chi connectivity index (χ0n) is 9.58. The minimum Gasteiger partial charge on any atom is -0.496 e. The van der Waals surface area contributed by atoms with Crippen LogP contribution in [0.3, 0.4) is 0 Å². The third-order valence-corrected chi connectivity index (χ3v) is 2.25. The van der Waals surface area contributed by atoms with Gasteiger partial charge in [-0.25, -0.2) is 0 Å². The molecule has 0 saturated heterocycles. The number of hydrogen-bond donors (Lipinski definition) is 2. The van der Waals surface area contributed by atoms with Crippen molar-refractivity contribution < 1.29 is 9.84 Å². The van der Waals surface area contributed by atoms with Gasteiger partial charge in [0.2, 0.25) is 0 Å². The summed E-state index contributed by atoms with van der Waals surface area (Å²) in [5.41, 5.74) is 2.26. The molecule has 3 nitrogen and oxygen atoms in total. The van der Waals surface area contributed by atoms with E-state index in [2.05, 4.69) is 5.32 Å². The van der Waals surface area contributed by atoms with E-state index in [0.717, 1.165) is 23.4 Å². The maximum absolute atomic E-state index is 9.12. The van der Waals surface area contributed by atoms with Gasteiger partial charge in [-0.05, 0) is 19.4 Å². The molecule has 0 bridgehead atoms. The van der Waals surface area contributed by atoms with Gasteiger partial charge in [0.15, 0.2) is 0 Å². The predicted octanol–water partition coefficient (Wildman–Crippen LogP) is 1.47. The molecule has 0 aromatic heterocycles. The number of benzene rings is 1. The monoisotopic (exact) mass is 209 g/mol. The van der Waals surface area contributed by atoms with Crippen molar-refractivity contribution >= 4 is 0 Å². The summed E-state index contributed by atoms with van der Waals surface area (Å²) in [6, 6.07) is 6.06. The maximum Gasteiger partial charge on any atom is 0.126 e. The lowest BCUT2D eigenvalue weighted by atomic mass is 10.1. The van der Waals surface area contributed by atoms with Crippen molar-refractivity contribution in [1.29, 1.82) is 0 Å². The molecule has 15 heavy (non-hydrogen) atoms. The molecule has 84 valence electrons. The van der Waals surface area contributed by atoms with Crippen molar-refractivity contribution in [1.82, 2.24) is 5.32 Å². The molecule has 0 fully saturated rings. The van der Waals surface area contributed by atoms with Crippen molar-refractivity contribution in [2.45, 2.75) is 26.5 Å². The van der Waals surface area contributed by atoms with Gasteiger partial charge in [0.1, 0.15) is 5.75 Å². The van der Waals surface area contributed by atoms with E-state index in [9.17, 15) is 0 Å². The summed E-state index contributed by atoms with van der Waals surface area (Å²) in [6.07, 6.45) is -0.319. The first-order chi connectivity index (χ1) is 7.15. The summed E-state index contributed by atoms with van der Waals surface area (Å²) < 4.78 is 5.33. The highest BCUT2D eigenvalue weighted by Gasteiger charge is 2.05. The van der Waals surface area contributed by atoms with E-state index in [4.69, 9.17) is 9.84 Å². The average molecular weight is 209 g/mol.